The van der Waals surface area contributed by atoms with Gasteiger partial charge in [-0.05, 0) is 12.8 Å². The highest BCUT2D eigenvalue weighted by Crippen LogP contribution is 2.26. The minimum absolute atomic E-state index is 0.226. The summed E-state index contributed by atoms with van der Waals surface area (Å²) in [7, 11) is -5.07. The van der Waals surface area contributed by atoms with E-state index in [1.54, 1.807) is 0 Å². The average molecular weight is 880 g/mol. The molecule has 0 bridgehead atoms. The van der Waals surface area contributed by atoms with Crippen molar-refractivity contribution in [1.29, 1.82) is 0 Å². The van der Waals surface area contributed by atoms with Gasteiger partial charge in [-0.15, -0.1) is 0 Å². The van der Waals surface area contributed by atoms with E-state index >= 15 is 0 Å². The van der Waals surface area contributed by atoms with Crippen molar-refractivity contribution in [3.63, 3.8) is 0 Å². The molecule has 0 radical (unpaired) electrons. The van der Waals surface area contributed by atoms with Crippen LogP contribution in [0.1, 0.15) is 239 Å². The molecule has 7 atom stereocenters. The molecule has 1 fully saturated rings. The summed E-state index contributed by atoms with van der Waals surface area (Å²) in [6.07, 6.45) is 32.6. The van der Waals surface area contributed by atoms with Crippen LogP contribution >= 0.6 is 0 Å². The zero-order valence-electron chi connectivity index (χ0n) is 38.3. The lowest BCUT2D eigenvalue weighted by Crippen LogP contribution is -2.61. The van der Waals surface area contributed by atoms with Crippen LogP contribution in [0.4, 0.5) is 0 Å². The van der Waals surface area contributed by atoms with Crippen LogP contribution < -0.4 is 5.32 Å². The van der Waals surface area contributed by atoms with Gasteiger partial charge >= 0.3 is 10.4 Å². The maximum atomic E-state index is 13.1. The van der Waals surface area contributed by atoms with Crippen LogP contribution in [-0.4, -0.2) is 95.4 Å². The molecule has 0 spiro atoms. The zero-order chi connectivity index (χ0) is 44.1. The highest BCUT2D eigenvalue weighted by molar-refractivity contribution is 7.80. The molecule has 1 rings (SSSR count). The summed E-state index contributed by atoms with van der Waals surface area (Å²) >= 11 is 0. The normalized spacial score (nSPS) is 20.7. The van der Waals surface area contributed by atoms with Crippen molar-refractivity contribution in [2.24, 2.45) is 0 Å². The molecule has 1 aliphatic rings. The van der Waals surface area contributed by atoms with Gasteiger partial charge < -0.3 is 35.2 Å². The maximum absolute atomic E-state index is 13.1. The fourth-order valence-electron chi connectivity index (χ4n) is 8.28. The van der Waals surface area contributed by atoms with Crippen LogP contribution in [-0.2, 0) is 28.9 Å². The molecule has 1 heterocycles. The van der Waals surface area contributed by atoms with Gasteiger partial charge in [-0.3, -0.25) is 9.35 Å². The summed E-state index contributed by atoms with van der Waals surface area (Å²) in [6.45, 7) is 3.45. The lowest BCUT2D eigenvalue weighted by atomic mass is 9.99. The number of ether oxygens (including phenoxy) is 2. The fourth-order valence-corrected chi connectivity index (χ4v) is 8.79. The summed E-state index contributed by atoms with van der Waals surface area (Å²) in [5.41, 5.74) is 0. The van der Waals surface area contributed by atoms with E-state index < -0.39 is 59.9 Å². The number of unbranched alkanes of at least 4 members (excludes halogenated alkanes) is 31. The van der Waals surface area contributed by atoms with Crippen LogP contribution in [0.25, 0.3) is 0 Å². The fraction of sp³-hybridized carbons (Fsp3) is 0.979. The Morgan fingerprint density at radius 3 is 1.33 bits per heavy atom. The van der Waals surface area contributed by atoms with E-state index in [0.717, 1.165) is 51.4 Å². The molecule has 7 unspecified atom stereocenters. The molecule has 0 saturated carbocycles. The van der Waals surface area contributed by atoms with Gasteiger partial charge in [0, 0.05) is 6.42 Å². The number of aliphatic hydroxyl groups excluding tert-OH is 4. The Hall–Kier alpha value is -0.900. The molecule has 1 amide bonds. The van der Waals surface area contributed by atoms with E-state index in [4.69, 9.17) is 9.47 Å². The molecule has 0 aromatic rings. The van der Waals surface area contributed by atoms with Crippen LogP contribution in [0.15, 0.2) is 0 Å². The minimum Gasteiger partial charge on any atom is -0.394 e. The Labute approximate surface area is 367 Å². The molecule has 358 valence electrons. The molecule has 1 aliphatic heterocycles. The van der Waals surface area contributed by atoms with Gasteiger partial charge in [0.25, 0.3) is 0 Å². The second-order valence-corrected chi connectivity index (χ2v) is 18.8. The van der Waals surface area contributed by atoms with Crippen LogP contribution in [0, 0.1) is 0 Å². The third-order valence-electron chi connectivity index (χ3n) is 12.2. The standard InChI is InChI=1S/C47H93NO11S/c1-3-5-7-9-11-13-15-16-17-18-19-20-21-22-23-24-25-27-29-31-33-35-37-43(51)48-40(41(50)36-34-32-30-28-26-14-12-10-8-6-4-2)39-57-47-45(53)46(59-60(54,55)56)44(52)42(38-49)58-47/h40-42,44-47,49-50,52-53H,3-39H2,1-2H3,(H,48,51)(H,54,55,56). The molecule has 1 saturated heterocycles. The SMILES string of the molecule is CCCCCCCCCCCCCCCCCCCCCCCCC(=O)NC(COC1OC(CO)C(O)C(OS(=O)(=O)O)C1O)C(O)CCCCCCCCCCCCC. The first-order valence-corrected chi connectivity index (χ1v) is 26.3. The average Bonchev–Trinajstić information content (AvgIpc) is 3.22. The van der Waals surface area contributed by atoms with Crippen molar-refractivity contribution in [2.75, 3.05) is 13.2 Å². The van der Waals surface area contributed by atoms with Crippen molar-refractivity contribution in [3.05, 3.63) is 0 Å². The van der Waals surface area contributed by atoms with Crippen LogP contribution in [0.2, 0.25) is 0 Å². The van der Waals surface area contributed by atoms with Gasteiger partial charge in [-0.2, -0.15) is 8.42 Å². The highest BCUT2D eigenvalue weighted by Gasteiger charge is 2.48. The van der Waals surface area contributed by atoms with E-state index in [1.165, 1.54) is 161 Å². The third-order valence-corrected chi connectivity index (χ3v) is 12.6. The van der Waals surface area contributed by atoms with Crippen molar-refractivity contribution in [3.8, 4) is 0 Å². The van der Waals surface area contributed by atoms with Crippen LogP contribution in [0.3, 0.4) is 0 Å². The summed E-state index contributed by atoms with van der Waals surface area (Å²) in [6, 6.07) is -0.850. The largest absolute Gasteiger partial charge is 0.397 e. The quantitative estimate of drug-likeness (QED) is 0.0252. The Kier molecular flexibility index (Phi) is 36.7. The second-order valence-electron chi connectivity index (χ2n) is 17.8. The first kappa shape index (κ1) is 57.1. The van der Waals surface area contributed by atoms with Crippen molar-refractivity contribution in [2.45, 2.75) is 281 Å². The van der Waals surface area contributed by atoms with E-state index in [-0.39, 0.29) is 12.5 Å². The van der Waals surface area contributed by atoms with Gasteiger partial charge in [0.2, 0.25) is 5.91 Å². The first-order valence-electron chi connectivity index (χ1n) is 24.9. The number of rotatable bonds is 43. The van der Waals surface area contributed by atoms with Gasteiger partial charge in [-0.25, -0.2) is 4.18 Å². The molecular weight excluding hydrogens is 787 g/mol. The summed E-state index contributed by atoms with van der Waals surface area (Å²) in [5.74, 6) is -0.226. The van der Waals surface area contributed by atoms with Gasteiger partial charge in [0.15, 0.2) is 6.29 Å². The smallest absolute Gasteiger partial charge is 0.394 e. The molecule has 60 heavy (non-hydrogen) atoms. The third kappa shape index (κ3) is 31.0. The zero-order valence-corrected chi connectivity index (χ0v) is 39.1. The Morgan fingerprint density at radius 2 is 0.967 bits per heavy atom. The Balaban J connectivity index is 2.37. The summed E-state index contributed by atoms with van der Waals surface area (Å²) in [4.78, 5) is 13.1. The van der Waals surface area contributed by atoms with E-state index in [2.05, 4.69) is 23.3 Å². The monoisotopic (exact) mass is 880 g/mol. The van der Waals surface area contributed by atoms with E-state index in [9.17, 15) is 38.2 Å². The molecule has 0 aromatic carbocycles. The predicted octanol–water partition coefficient (Wildman–Crippen LogP) is 10.2. The lowest BCUT2D eigenvalue weighted by molar-refractivity contribution is -0.298. The number of hydrogen-bond acceptors (Lipinski definition) is 10. The number of carbonyl (C=O) groups is 1. The molecule has 12 nitrogen and oxygen atoms in total. The minimum atomic E-state index is -5.07. The second kappa shape index (κ2) is 38.5. The number of amides is 1. The van der Waals surface area contributed by atoms with Crippen LogP contribution in [0.5, 0.6) is 0 Å². The summed E-state index contributed by atoms with van der Waals surface area (Å²) < 4.78 is 47.6. The predicted molar refractivity (Wildman–Crippen MR) is 241 cm³/mol. The van der Waals surface area contributed by atoms with E-state index in [0.29, 0.717) is 12.8 Å². The van der Waals surface area contributed by atoms with Crippen molar-refractivity contribution in [1.82, 2.24) is 5.32 Å². The number of hydrogen-bond donors (Lipinski definition) is 6. The molecule has 6 N–H and O–H groups in total. The maximum Gasteiger partial charge on any atom is 0.397 e. The molecule has 0 aromatic heterocycles. The van der Waals surface area contributed by atoms with Crippen molar-refractivity contribution >= 4 is 16.3 Å². The van der Waals surface area contributed by atoms with E-state index in [1.807, 2.05) is 0 Å². The summed E-state index contributed by atoms with van der Waals surface area (Å²) in [5, 5.41) is 44.8. The Morgan fingerprint density at radius 1 is 0.600 bits per heavy atom. The topological polar surface area (TPSA) is 192 Å². The number of nitrogens with one attached hydrogen (secondary N) is 1. The first-order chi connectivity index (χ1) is 29.0. The Bertz CT molecular complexity index is 1080. The van der Waals surface area contributed by atoms with Crippen molar-refractivity contribution < 1.29 is 51.8 Å². The molecule has 0 aliphatic carbocycles. The van der Waals surface area contributed by atoms with Gasteiger partial charge in [0.05, 0.1) is 25.4 Å². The lowest BCUT2D eigenvalue weighted by Gasteiger charge is -2.41. The molecular formula is C47H93NO11S. The van der Waals surface area contributed by atoms with Gasteiger partial charge in [-0.1, -0.05) is 219 Å². The number of aliphatic hydroxyl groups is 4. The highest BCUT2D eigenvalue weighted by atomic mass is 32.3. The van der Waals surface area contributed by atoms with Gasteiger partial charge in [0.1, 0.15) is 24.4 Å². The molecule has 13 heteroatoms. The number of carbonyl (C=O) groups excluding carboxylic acids is 1.